The molecule has 0 spiro atoms. The van der Waals surface area contributed by atoms with E-state index in [2.05, 4.69) is 270 Å². The topological polar surface area (TPSA) is 229 Å². The first-order valence-electron chi connectivity index (χ1n) is 25.8. The molecule has 0 aliphatic carbocycles. The maximum Gasteiger partial charge on any atom is 0.166 e. The van der Waals surface area contributed by atoms with Crippen molar-refractivity contribution in [1.29, 1.82) is 0 Å². The quantitative estimate of drug-likeness (QED) is 0.0708. The third-order valence-corrected chi connectivity index (χ3v) is 21.4. The van der Waals surface area contributed by atoms with Crippen LogP contribution in [0, 0.1) is 0 Å². The monoisotopic (exact) mass is 1320 g/mol. The van der Waals surface area contributed by atoms with Crippen molar-refractivity contribution < 1.29 is 74.3 Å². The summed E-state index contributed by atoms with van der Waals surface area (Å²) < 4.78 is 114. The largest absolute Gasteiger partial charge is 0.747 e. The molecule has 6 aromatic rings. The molecule has 0 N–H and O–H groups in total. The second-order valence-corrected chi connectivity index (χ2v) is 36.1. The zero-order valence-corrected chi connectivity index (χ0v) is 56.3. The molecule has 81 heavy (non-hydrogen) atoms. The second-order valence-electron chi connectivity index (χ2n) is 25.7. The Morgan fingerprint density at radius 1 is 0.247 bits per heavy atom. The fraction of sp³-hybridized carbons (Fsp3) is 0.419. The molecule has 0 aromatic heterocycles. The van der Waals surface area contributed by atoms with Gasteiger partial charge in [0.05, 0.1) is 21.8 Å². The Morgan fingerprint density at radius 2 is 0.346 bits per heavy atom. The SMILES string of the molecule is CC(C)(C)c1ccc([S+](c2ccc(C(C)(C)C)cc2)c2ccc(C(C)(C)C)cc2)cc1.CC(C)(C)c1ccc([S+](c2ccc(C(C)(C)C)cc2)c2ccc(C(C)(C)C)cc2)cc1.O=S(=O)([O-])CS(=O)(=O)[O-].O=S(=O)([O-])CS(=O)(=O)[O-].[Ag]. The molecule has 0 aliphatic heterocycles. The van der Waals surface area contributed by atoms with Gasteiger partial charge in [0.1, 0.15) is 50.6 Å². The van der Waals surface area contributed by atoms with Gasteiger partial charge in [0.25, 0.3) is 0 Å². The molecule has 6 aromatic carbocycles. The van der Waals surface area contributed by atoms with Gasteiger partial charge in [-0.25, -0.2) is 33.7 Å². The smallest absolute Gasteiger partial charge is 0.166 e. The zero-order chi connectivity index (χ0) is 61.5. The van der Waals surface area contributed by atoms with E-state index in [9.17, 15) is 51.9 Å². The van der Waals surface area contributed by atoms with Gasteiger partial charge in [-0.3, -0.25) is 0 Å². The Balaban J connectivity index is 0.000000422. The fourth-order valence-corrected chi connectivity index (χ4v) is 14.6. The van der Waals surface area contributed by atoms with Crippen LogP contribution in [0.15, 0.2) is 175 Å². The van der Waals surface area contributed by atoms with Gasteiger partial charge in [-0.1, -0.05) is 197 Å². The van der Waals surface area contributed by atoms with Crippen molar-refractivity contribution >= 4 is 62.3 Å². The summed E-state index contributed by atoms with van der Waals surface area (Å²) in [5.41, 5.74) is 9.28. The van der Waals surface area contributed by atoms with Crippen LogP contribution in [0.5, 0.6) is 0 Å². The molecular formula is C62H82AgO12S6-2. The molecule has 451 valence electrons. The van der Waals surface area contributed by atoms with Crippen LogP contribution in [-0.4, -0.2) is 62.1 Å². The van der Waals surface area contributed by atoms with Crippen molar-refractivity contribution in [3.8, 4) is 0 Å². The molecule has 0 atom stereocenters. The third-order valence-electron chi connectivity index (χ3n) is 12.3. The van der Waals surface area contributed by atoms with Crippen LogP contribution in [0.4, 0.5) is 0 Å². The average Bonchev–Trinajstić information content (AvgIpc) is 3.27. The van der Waals surface area contributed by atoms with Crippen molar-refractivity contribution in [3.63, 3.8) is 0 Å². The molecule has 12 nitrogen and oxygen atoms in total. The van der Waals surface area contributed by atoms with Crippen LogP contribution < -0.4 is 0 Å². The molecule has 0 bridgehead atoms. The predicted octanol–water partition coefficient (Wildman–Crippen LogP) is 13.4. The Hall–Kier alpha value is -3.60. The van der Waals surface area contributed by atoms with Crippen molar-refractivity contribution in [2.45, 2.75) is 186 Å². The molecule has 0 unspecified atom stereocenters. The Labute approximate surface area is 508 Å². The summed E-state index contributed by atoms with van der Waals surface area (Å²) in [5, 5.41) is -3.75. The van der Waals surface area contributed by atoms with Crippen molar-refractivity contribution in [1.82, 2.24) is 0 Å². The third kappa shape index (κ3) is 25.7. The molecule has 19 heteroatoms. The van der Waals surface area contributed by atoms with Crippen molar-refractivity contribution in [3.05, 3.63) is 179 Å². The minimum absolute atomic E-state index is 0. The average molecular weight is 1320 g/mol. The van der Waals surface area contributed by atoms with E-state index < -0.39 is 50.6 Å². The van der Waals surface area contributed by atoms with E-state index in [0.29, 0.717) is 0 Å². The van der Waals surface area contributed by atoms with E-state index in [4.69, 9.17) is 0 Å². The summed E-state index contributed by atoms with van der Waals surface area (Å²) in [7, 11) is -20.0. The molecule has 0 aliphatic rings. The van der Waals surface area contributed by atoms with Crippen LogP contribution in [0.3, 0.4) is 0 Å². The molecule has 1 radical (unpaired) electrons. The summed E-state index contributed by atoms with van der Waals surface area (Å²) in [6, 6.07) is 55.7. The first-order chi connectivity index (χ1) is 35.9. The number of rotatable bonds is 10. The van der Waals surface area contributed by atoms with E-state index in [0.717, 1.165) is 0 Å². The van der Waals surface area contributed by atoms with E-state index >= 15 is 0 Å². The van der Waals surface area contributed by atoms with Gasteiger partial charge in [0.15, 0.2) is 29.4 Å². The van der Waals surface area contributed by atoms with Gasteiger partial charge in [-0.2, -0.15) is 0 Å². The molecule has 0 saturated heterocycles. The Bertz CT molecular complexity index is 2850. The minimum atomic E-state index is -4.93. The molecule has 0 amide bonds. The fourth-order valence-electron chi connectivity index (χ4n) is 7.72. The standard InChI is InChI=1S/2C30H39S.2CH4O6S2.Ag/c2*1-28(2,3)22-10-16-25(17-11-22)31(26-18-12-23(13-19-26)29(4,5)6)27-20-14-24(15-21-27)30(7,8)9;2*2-8(3,4)1-9(5,6)7;/h2*10-21H,1-9H3;2*1H2,(H,2,3,4)(H,5,6,7);/q2*+1;;;/p-4. The molecule has 0 heterocycles. The first-order valence-corrected chi connectivity index (χ1v) is 34.6. The Morgan fingerprint density at radius 3 is 0.407 bits per heavy atom. The molecule has 0 saturated carbocycles. The van der Waals surface area contributed by atoms with Gasteiger partial charge in [-0.05, 0) is 139 Å². The van der Waals surface area contributed by atoms with E-state index in [1.54, 1.807) is 0 Å². The first kappa shape index (κ1) is 73.5. The summed E-state index contributed by atoms with van der Waals surface area (Å²) in [5.74, 6) is 0. The second kappa shape index (κ2) is 28.1. The summed E-state index contributed by atoms with van der Waals surface area (Å²) in [6.07, 6.45) is 0. The van der Waals surface area contributed by atoms with Gasteiger partial charge < -0.3 is 18.2 Å². The van der Waals surface area contributed by atoms with E-state index in [1.807, 2.05) is 0 Å². The van der Waals surface area contributed by atoms with Crippen LogP contribution in [0.25, 0.3) is 0 Å². The van der Waals surface area contributed by atoms with Gasteiger partial charge in [0, 0.05) is 22.4 Å². The predicted molar refractivity (Wildman–Crippen MR) is 324 cm³/mol. The Kier molecular flexibility index (Phi) is 25.5. The zero-order valence-electron chi connectivity index (χ0n) is 49.9. The van der Waals surface area contributed by atoms with E-state index in [-0.39, 0.29) is 76.7 Å². The molecule has 0 fully saturated rings. The summed E-state index contributed by atoms with van der Waals surface area (Å²) in [4.78, 5) is 8.25. The summed E-state index contributed by atoms with van der Waals surface area (Å²) in [6.45, 7) is 41.0. The van der Waals surface area contributed by atoms with Crippen molar-refractivity contribution in [2.24, 2.45) is 0 Å². The van der Waals surface area contributed by atoms with Gasteiger partial charge >= 0.3 is 0 Å². The van der Waals surface area contributed by atoms with Gasteiger partial charge in [0.2, 0.25) is 0 Å². The summed E-state index contributed by atoms with van der Waals surface area (Å²) >= 11 is 0. The van der Waals surface area contributed by atoms with Gasteiger partial charge in [-0.15, -0.1) is 0 Å². The number of benzene rings is 6. The molecule has 6 rings (SSSR count). The van der Waals surface area contributed by atoms with Crippen LogP contribution in [-0.2, 0) is 117 Å². The molecular weight excluding hydrogens is 1240 g/mol. The van der Waals surface area contributed by atoms with Crippen LogP contribution in [0.2, 0.25) is 0 Å². The van der Waals surface area contributed by atoms with Crippen molar-refractivity contribution in [2.75, 3.05) is 10.2 Å². The maximum absolute atomic E-state index is 9.51. The number of hydrogen-bond acceptors (Lipinski definition) is 12. The van der Waals surface area contributed by atoms with E-state index in [1.165, 1.54) is 62.8 Å². The van der Waals surface area contributed by atoms with Crippen LogP contribution >= 0.6 is 0 Å². The normalized spacial score (nSPS) is 12.9. The number of hydrogen-bond donors (Lipinski definition) is 0. The maximum atomic E-state index is 9.51. The van der Waals surface area contributed by atoms with Crippen LogP contribution in [0.1, 0.15) is 158 Å². The minimum Gasteiger partial charge on any atom is -0.747 e.